The summed E-state index contributed by atoms with van der Waals surface area (Å²) in [5, 5.41) is 6.60. The summed E-state index contributed by atoms with van der Waals surface area (Å²) in [6, 6.07) is 0. The summed E-state index contributed by atoms with van der Waals surface area (Å²) in [7, 11) is 1.82. The van der Waals surface area contributed by atoms with Crippen LogP contribution in [0.15, 0.2) is 22.7 Å². The van der Waals surface area contributed by atoms with Gasteiger partial charge in [-0.3, -0.25) is 0 Å². The van der Waals surface area contributed by atoms with E-state index in [1.54, 1.807) is 17.0 Å². The normalized spacial score (nSPS) is 10.8. The highest BCUT2D eigenvalue weighted by Crippen LogP contribution is 2.03. The van der Waals surface area contributed by atoms with E-state index in [0.717, 1.165) is 0 Å². The van der Waals surface area contributed by atoms with Crippen molar-refractivity contribution in [2.24, 2.45) is 23.2 Å². The number of aromatic nitrogens is 2. The Bertz CT molecular complexity index is 212. The molecule has 0 unspecified atom stereocenters. The summed E-state index contributed by atoms with van der Waals surface area (Å²) in [5.74, 6) is 5.31. The minimum atomic E-state index is 0.512. The largest absolute Gasteiger partial charge is 0.317 e. The lowest BCUT2D eigenvalue weighted by atomic mass is 10.9. The minimum absolute atomic E-state index is 0.512. The first-order valence-corrected chi connectivity index (χ1v) is 2.43. The molecule has 0 aliphatic rings. The molecule has 0 bridgehead atoms. The average Bonchev–Trinajstić information content (AvgIpc) is 2.18. The van der Waals surface area contributed by atoms with E-state index in [2.05, 4.69) is 15.3 Å². The van der Waals surface area contributed by atoms with Crippen molar-refractivity contribution in [2.45, 2.75) is 0 Å². The van der Waals surface area contributed by atoms with Gasteiger partial charge in [0.2, 0.25) is 0 Å². The molecule has 1 heterocycles. The molecule has 0 fully saturated rings. The summed E-state index contributed by atoms with van der Waals surface area (Å²) in [5.41, 5.74) is 0. The highest BCUT2D eigenvalue weighted by Gasteiger charge is 1.91. The molecule has 0 aliphatic heterocycles. The van der Waals surface area contributed by atoms with Crippen LogP contribution in [0, 0.1) is 0 Å². The Balaban J connectivity index is 2.94. The third kappa shape index (κ3) is 1.04. The smallest absolute Gasteiger partial charge is 0.250 e. The van der Waals surface area contributed by atoms with Gasteiger partial charge in [-0.15, -0.1) is 0 Å². The summed E-state index contributed by atoms with van der Waals surface area (Å²) in [6.45, 7) is 0. The molecule has 0 saturated carbocycles. The Hall–Kier alpha value is -1.39. The first-order chi connectivity index (χ1) is 4.34. The van der Waals surface area contributed by atoms with E-state index in [1.165, 1.54) is 0 Å². The maximum absolute atomic E-state index is 4.79. The first-order valence-electron chi connectivity index (χ1n) is 2.43. The van der Waals surface area contributed by atoms with Gasteiger partial charge in [-0.05, 0) is 0 Å². The molecule has 0 aliphatic carbocycles. The fraction of sp³-hybridized carbons (Fsp3) is 0.250. The predicted octanol–water partition coefficient (Wildman–Crippen LogP) is 0.378. The third-order valence-electron chi connectivity index (χ3n) is 0.943. The number of hydrogen-bond donors (Lipinski definition) is 1. The van der Waals surface area contributed by atoms with Crippen molar-refractivity contribution in [2.75, 3.05) is 0 Å². The van der Waals surface area contributed by atoms with Crippen molar-refractivity contribution >= 4 is 5.95 Å². The lowest BCUT2D eigenvalue weighted by Crippen LogP contribution is -1.83. The van der Waals surface area contributed by atoms with Crippen LogP contribution in [0.1, 0.15) is 0 Å². The van der Waals surface area contributed by atoms with Crippen molar-refractivity contribution in [3.8, 4) is 0 Å². The SMILES string of the molecule is Cn1ccnc1N=NN. The van der Waals surface area contributed by atoms with Crippen molar-refractivity contribution in [1.29, 1.82) is 0 Å². The number of nitrogens with two attached hydrogens (primary N) is 1. The van der Waals surface area contributed by atoms with E-state index in [9.17, 15) is 0 Å². The minimum Gasteiger partial charge on any atom is -0.317 e. The van der Waals surface area contributed by atoms with Crippen molar-refractivity contribution in [3.63, 3.8) is 0 Å². The maximum Gasteiger partial charge on any atom is 0.250 e. The fourth-order valence-corrected chi connectivity index (χ4v) is 0.506. The maximum atomic E-state index is 4.79. The topological polar surface area (TPSA) is 68.6 Å². The van der Waals surface area contributed by atoms with E-state index in [0.29, 0.717) is 5.95 Å². The molecule has 1 aromatic rings. The summed E-state index contributed by atoms with van der Waals surface area (Å²) in [4.78, 5) is 3.83. The molecule has 48 valence electrons. The molecule has 2 N–H and O–H groups in total. The van der Waals surface area contributed by atoms with Gasteiger partial charge in [0, 0.05) is 19.4 Å². The molecule has 0 radical (unpaired) electrons. The molecule has 0 amide bonds. The van der Waals surface area contributed by atoms with Gasteiger partial charge >= 0.3 is 0 Å². The van der Waals surface area contributed by atoms with E-state index in [4.69, 9.17) is 5.84 Å². The third-order valence-corrected chi connectivity index (χ3v) is 0.943. The van der Waals surface area contributed by atoms with Crippen LogP contribution >= 0.6 is 0 Å². The molecule has 5 heteroatoms. The van der Waals surface area contributed by atoms with Gasteiger partial charge in [-0.1, -0.05) is 10.3 Å². The summed E-state index contributed by atoms with van der Waals surface area (Å²) in [6.07, 6.45) is 3.40. The first kappa shape index (κ1) is 5.74. The quantitative estimate of drug-likeness (QED) is 0.335. The Morgan fingerprint density at radius 1 is 1.78 bits per heavy atom. The second kappa shape index (κ2) is 2.25. The van der Waals surface area contributed by atoms with E-state index in [1.807, 2.05) is 7.05 Å². The van der Waals surface area contributed by atoms with Crippen LogP contribution < -0.4 is 5.84 Å². The molecular formula is C4H7N5. The zero-order valence-corrected chi connectivity index (χ0v) is 5.02. The highest BCUT2D eigenvalue weighted by atomic mass is 15.4. The Labute approximate surface area is 52.2 Å². The van der Waals surface area contributed by atoms with Crippen LogP contribution in [-0.4, -0.2) is 9.55 Å². The number of aryl methyl sites for hydroxylation is 1. The van der Waals surface area contributed by atoms with Crippen LogP contribution in [0.5, 0.6) is 0 Å². The molecule has 0 aromatic carbocycles. The lowest BCUT2D eigenvalue weighted by Gasteiger charge is -1.87. The second-order valence-corrected chi connectivity index (χ2v) is 1.55. The Kier molecular flexibility index (Phi) is 1.44. The zero-order chi connectivity index (χ0) is 6.69. The van der Waals surface area contributed by atoms with Gasteiger partial charge in [-0.25, -0.2) is 4.98 Å². The molecule has 5 nitrogen and oxygen atoms in total. The average molecular weight is 125 g/mol. The molecule has 0 spiro atoms. The molecule has 9 heavy (non-hydrogen) atoms. The number of imidazole rings is 1. The second-order valence-electron chi connectivity index (χ2n) is 1.55. The van der Waals surface area contributed by atoms with E-state index >= 15 is 0 Å². The molecule has 0 atom stereocenters. The predicted molar refractivity (Wildman–Crippen MR) is 31.9 cm³/mol. The van der Waals surface area contributed by atoms with Gasteiger partial charge in [0.15, 0.2) is 0 Å². The standard InChI is InChI=1S/C4H7N5/c1-9-3-2-6-4(9)7-8-5/h2-3H,1H3,(H2,5,6,7). The van der Waals surface area contributed by atoms with Crippen LogP contribution in [0.2, 0.25) is 0 Å². The highest BCUT2D eigenvalue weighted by molar-refractivity contribution is 5.13. The van der Waals surface area contributed by atoms with Crippen molar-refractivity contribution in [3.05, 3.63) is 12.4 Å². The number of nitrogens with zero attached hydrogens (tertiary/aromatic N) is 4. The zero-order valence-electron chi connectivity index (χ0n) is 5.02. The van der Waals surface area contributed by atoms with E-state index < -0.39 is 0 Å². The monoisotopic (exact) mass is 125 g/mol. The van der Waals surface area contributed by atoms with Gasteiger partial charge in [0.25, 0.3) is 5.95 Å². The molecule has 1 aromatic heterocycles. The summed E-state index contributed by atoms with van der Waals surface area (Å²) < 4.78 is 1.72. The van der Waals surface area contributed by atoms with Gasteiger partial charge < -0.3 is 10.4 Å². The fourth-order valence-electron chi connectivity index (χ4n) is 0.506. The van der Waals surface area contributed by atoms with Gasteiger partial charge in [0.05, 0.1) is 0 Å². The molecule has 0 saturated heterocycles. The summed E-state index contributed by atoms with van der Waals surface area (Å²) >= 11 is 0. The molecule has 1 rings (SSSR count). The Morgan fingerprint density at radius 3 is 3.00 bits per heavy atom. The Morgan fingerprint density at radius 2 is 2.56 bits per heavy atom. The van der Waals surface area contributed by atoms with Crippen molar-refractivity contribution < 1.29 is 0 Å². The molecular weight excluding hydrogens is 118 g/mol. The van der Waals surface area contributed by atoms with Crippen LogP contribution in [-0.2, 0) is 7.05 Å². The van der Waals surface area contributed by atoms with E-state index in [-0.39, 0.29) is 0 Å². The van der Waals surface area contributed by atoms with Gasteiger partial charge in [-0.2, -0.15) is 0 Å². The number of hydrogen-bond acceptors (Lipinski definition) is 3. The van der Waals surface area contributed by atoms with Crippen LogP contribution in [0.25, 0.3) is 0 Å². The number of rotatable bonds is 1. The van der Waals surface area contributed by atoms with Crippen LogP contribution in [0.3, 0.4) is 0 Å². The van der Waals surface area contributed by atoms with Crippen molar-refractivity contribution in [1.82, 2.24) is 9.55 Å². The lowest BCUT2D eigenvalue weighted by molar-refractivity contribution is 0.876. The van der Waals surface area contributed by atoms with Crippen LogP contribution in [0.4, 0.5) is 5.95 Å². The van der Waals surface area contributed by atoms with Gasteiger partial charge in [0.1, 0.15) is 0 Å².